The van der Waals surface area contributed by atoms with Gasteiger partial charge in [-0.05, 0) is 30.7 Å². The largest absolute Gasteiger partial charge is 0.480 e. The minimum atomic E-state index is -0.953. The minimum absolute atomic E-state index is 0.436. The quantitative estimate of drug-likeness (QED) is 0.690. The molecule has 1 unspecified atom stereocenters. The van der Waals surface area contributed by atoms with Crippen LogP contribution in [0.1, 0.15) is 12.0 Å². The number of rotatable bonds is 6. The number of carboxylic acid groups (broad SMARTS) is 1. The van der Waals surface area contributed by atoms with Crippen molar-refractivity contribution in [2.45, 2.75) is 19.0 Å². The average molecular weight is 287 g/mol. The summed E-state index contributed by atoms with van der Waals surface area (Å²) in [5, 5.41) is 11.7. The second-order valence-corrected chi connectivity index (χ2v) is 4.45. The molecule has 1 atom stereocenters. The molecule has 0 radical (unpaired) electrons. The van der Waals surface area contributed by atoms with E-state index >= 15 is 0 Å². The fourth-order valence-corrected chi connectivity index (χ4v) is 1.48. The molecule has 0 aliphatic rings. The SMILES string of the molecule is NC(CCNCc1ccc(Br)cc1)C(=O)O. The molecule has 1 aromatic rings. The standard InChI is InChI=1S/C11H15BrN2O2/c12-9-3-1-8(2-4-9)7-14-6-5-10(13)11(15)16/h1-4,10,14H,5-7,13H2,(H,15,16). The topological polar surface area (TPSA) is 75.3 Å². The molecule has 0 saturated heterocycles. The lowest BCUT2D eigenvalue weighted by Crippen LogP contribution is -2.33. The van der Waals surface area contributed by atoms with Crippen molar-refractivity contribution in [3.63, 3.8) is 0 Å². The molecule has 1 aromatic carbocycles. The molecule has 0 saturated carbocycles. The number of benzene rings is 1. The molecule has 0 heterocycles. The first-order valence-corrected chi connectivity index (χ1v) is 5.82. The summed E-state index contributed by atoms with van der Waals surface area (Å²) < 4.78 is 1.05. The highest BCUT2D eigenvalue weighted by Crippen LogP contribution is 2.10. The third-order valence-corrected chi connectivity index (χ3v) is 2.72. The van der Waals surface area contributed by atoms with Gasteiger partial charge in [0.1, 0.15) is 6.04 Å². The fourth-order valence-electron chi connectivity index (χ4n) is 1.22. The number of hydrogen-bond donors (Lipinski definition) is 3. The summed E-state index contributed by atoms with van der Waals surface area (Å²) in [6, 6.07) is 7.18. The van der Waals surface area contributed by atoms with E-state index in [0.29, 0.717) is 13.0 Å². The Labute approximate surface area is 103 Å². The smallest absolute Gasteiger partial charge is 0.320 e. The summed E-state index contributed by atoms with van der Waals surface area (Å²) in [6.07, 6.45) is 0.436. The lowest BCUT2D eigenvalue weighted by Gasteiger charge is -2.07. The molecule has 4 nitrogen and oxygen atoms in total. The van der Waals surface area contributed by atoms with Gasteiger partial charge in [-0.15, -0.1) is 0 Å². The maximum atomic E-state index is 10.4. The van der Waals surface area contributed by atoms with Crippen LogP contribution in [0.4, 0.5) is 0 Å². The van der Waals surface area contributed by atoms with Gasteiger partial charge in [-0.25, -0.2) is 0 Å². The van der Waals surface area contributed by atoms with Crippen molar-refractivity contribution in [2.24, 2.45) is 5.73 Å². The summed E-state index contributed by atoms with van der Waals surface area (Å²) in [5.74, 6) is -0.953. The number of hydrogen-bond acceptors (Lipinski definition) is 3. The highest BCUT2D eigenvalue weighted by Gasteiger charge is 2.09. The number of nitrogens with one attached hydrogen (secondary N) is 1. The van der Waals surface area contributed by atoms with Gasteiger partial charge < -0.3 is 16.2 Å². The molecule has 88 valence electrons. The number of nitrogens with two attached hydrogens (primary N) is 1. The van der Waals surface area contributed by atoms with E-state index in [4.69, 9.17) is 10.8 Å². The van der Waals surface area contributed by atoms with E-state index in [0.717, 1.165) is 16.6 Å². The Balaban J connectivity index is 2.21. The Morgan fingerprint density at radius 3 is 2.62 bits per heavy atom. The lowest BCUT2D eigenvalue weighted by atomic mass is 10.2. The van der Waals surface area contributed by atoms with E-state index in [1.807, 2.05) is 24.3 Å². The van der Waals surface area contributed by atoms with Crippen LogP contribution in [0.5, 0.6) is 0 Å². The second kappa shape index (κ2) is 6.62. The van der Waals surface area contributed by atoms with Crippen LogP contribution in [0.3, 0.4) is 0 Å². The van der Waals surface area contributed by atoms with E-state index in [-0.39, 0.29) is 0 Å². The summed E-state index contributed by atoms with van der Waals surface area (Å²) in [4.78, 5) is 10.4. The van der Waals surface area contributed by atoms with Crippen LogP contribution in [0.25, 0.3) is 0 Å². The first-order valence-electron chi connectivity index (χ1n) is 5.03. The second-order valence-electron chi connectivity index (χ2n) is 3.54. The van der Waals surface area contributed by atoms with Gasteiger partial charge in [0, 0.05) is 11.0 Å². The normalized spacial score (nSPS) is 12.4. The van der Waals surface area contributed by atoms with Gasteiger partial charge in [-0.1, -0.05) is 28.1 Å². The van der Waals surface area contributed by atoms with Crippen molar-refractivity contribution in [3.05, 3.63) is 34.3 Å². The highest BCUT2D eigenvalue weighted by molar-refractivity contribution is 9.10. The van der Waals surface area contributed by atoms with Gasteiger partial charge >= 0.3 is 5.97 Å². The molecule has 0 aliphatic carbocycles. The predicted molar refractivity (Wildman–Crippen MR) is 66.1 cm³/mol. The van der Waals surface area contributed by atoms with Crippen molar-refractivity contribution in [2.75, 3.05) is 6.54 Å². The van der Waals surface area contributed by atoms with E-state index in [1.54, 1.807) is 0 Å². The first-order chi connectivity index (χ1) is 7.59. The number of aliphatic carboxylic acids is 1. The van der Waals surface area contributed by atoms with Gasteiger partial charge in [-0.2, -0.15) is 0 Å². The Morgan fingerprint density at radius 1 is 1.44 bits per heavy atom. The molecule has 0 fully saturated rings. The Morgan fingerprint density at radius 2 is 2.06 bits per heavy atom. The van der Waals surface area contributed by atoms with Crippen LogP contribution in [0.15, 0.2) is 28.7 Å². The molecule has 0 spiro atoms. The third kappa shape index (κ3) is 4.74. The highest BCUT2D eigenvalue weighted by atomic mass is 79.9. The molecule has 0 amide bonds. The molecule has 4 N–H and O–H groups in total. The molecule has 0 aliphatic heterocycles. The molecule has 5 heteroatoms. The van der Waals surface area contributed by atoms with Gasteiger partial charge in [0.2, 0.25) is 0 Å². The molecule has 0 aromatic heterocycles. The van der Waals surface area contributed by atoms with Gasteiger partial charge in [0.15, 0.2) is 0 Å². The summed E-state index contributed by atoms with van der Waals surface area (Å²) >= 11 is 3.36. The number of halogens is 1. The van der Waals surface area contributed by atoms with Crippen LogP contribution in [-0.4, -0.2) is 23.7 Å². The van der Waals surface area contributed by atoms with Crippen molar-refractivity contribution < 1.29 is 9.90 Å². The Bertz CT molecular complexity index is 340. The van der Waals surface area contributed by atoms with Gasteiger partial charge in [0.25, 0.3) is 0 Å². The molecule has 0 bridgehead atoms. The number of carboxylic acids is 1. The predicted octanol–water partition coefficient (Wildman–Crippen LogP) is 1.34. The van der Waals surface area contributed by atoms with Gasteiger partial charge in [0.05, 0.1) is 0 Å². The van der Waals surface area contributed by atoms with Crippen molar-refractivity contribution in [1.29, 1.82) is 0 Å². The fraction of sp³-hybridized carbons (Fsp3) is 0.364. The zero-order valence-corrected chi connectivity index (χ0v) is 10.4. The maximum absolute atomic E-state index is 10.4. The van der Waals surface area contributed by atoms with Crippen molar-refractivity contribution >= 4 is 21.9 Å². The van der Waals surface area contributed by atoms with Crippen molar-refractivity contribution in [3.8, 4) is 0 Å². The third-order valence-electron chi connectivity index (χ3n) is 2.19. The molecule has 16 heavy (non-hydrogen) atoms. The zero-order valence-electron chi connectivity index (χ0n) is 8.82. The van der Waals surface area contributed by atoms with Crippen LogP contribution >= 0.6 is 15.9 Å². The monoisotopic (exact) mass is 286 g/mol. The first kappa shape index (κ1) is 13.2. The Kier molecular flexibility index (Phi) is 5.45. The summed E-state index contributed by atoms with van der Waals surface area (Å²) in [5.41, 5.74) is 6.53. The van der Waals surface area contributed by atoms with Gasteiger partial charge in [-0.3, -0.25) is 4.79 Å². The lowest BCUT2D eigenvalue weighted by molar-refractivity contribution is -0.138. The van der Waals surface area contributed by atoms with Crippen LogP contribution in [0, 0.1) is 0 Å². The summed E-state index contributed by atoms with van der Waals surface area (Å²) in [7, 11) is 0. The number of carbonyl (C=O) groups is 1. The zero-order chi connectivity index (χ0) is 12.0. The van der Waals surface area contributed by atoms with E-state index < -0.39 is 12.0 Å². The molecular formula is C11H15BrN2O2. The molecular weight excluding hydrogens is 272 g/mol. The summed E-state index contributed by atoms with van der Waals surface area (Å²) in [6.45, 7) is 1.32. The van der Waals surface area contributed by atoms with Crippen LogP contribution in [0.2, 0.25) is 0 Å². The minimum Gasteiger partial charge on any atom is -0.480 e. The van der Waals surface area contributed by atoms with E-state index in [9.17, 15) is 4.79 Å². The van der Waals surface area contributed by atoms with E-state index in [1.165, 1.54) is 0 Å². The maximum Gasteiger partial charge on any atom is 0.320 e. The van der Waals surface area contributed by atoms with Crippen LogP contribution in [-0.2, 0) is 11.3 Å². The van der Waals surface area contributed by atoms with E-state index in [2.05, 4.69) is 21.2 Å². The average Bonchev–Trinajstić information content (AvgIpc) is 2.26. The Hall–Kier alpha value is -0.910. The molecule has 1 rings (SSSR count). The van der Waals surface area contributed by atoms with Crippen LogP contribution < -0.4 is 11.1 Å². The van der Waals surface area contributed by atoms with Crippen molar-refractivity contribution in [1.82, 2.24) is 5.32 Å².